The van der Waals surface area contributed by atoms with Crippen LogP contribution in [0.15, 0.2) is 68.9 Å². The first kappa shape index (κ1) is 20.9. The fourth-order valence-electron chi connectivity index (χ4n) is 4.06. The molecule has 0 aliphatic heterocycles. The van der Waals surface area contributed by atoms with Crippen LogP contribution in [-0.4, -0.2) is 4.98 Å². The fourth-order valence-corrected chi connectivity index (χ4v) is 6.01. The lowest BCUT2D eigenvalue weighted by Gasteiger charge is -2.04. The molecule has 5 N–H and O–H groups in total. The number of hydrogen-bond acceptors (Lipinski definition) is 8. The van der Waals surface area contributed by atoms with Crippen molar-refractivity contribution >= 4 is 66.3 Å². The molecule has 0 bridgehead atoms. The van der Waals surface area contributed by atoms with E-state index in [4.69, 9.17) is 30.8 Å². The molecule has 9 heteroatoms. The molecule has 0 aliphatic rings. The minimum atomic E-state index is 0.162. The summed E-state index contributed by atoms with van der Waals surface area (Å²) in [6, 6.07) is 17.7. The second-order valence-electron chi connectivity index (χ2n) is 7.83. The lowest BCUT2D eigenvalue weighted by molar-refractivity contribution is 0.631. The Kier molecular flexibility index (Phi) is 4.75. The van der Waals surface area contributed by atoms with Gasteiger partial charge >= 0.3 is 0 Å². The van der Waals surface area contributed by atoms with E-state index in [9.17, 15) is 0 Å². The van der Waals surface area contributed by atoms with Gasteiger partial charge in [-0.05, 0) is 42.5 Å². The van der Waals surface area contributed by atoms with Gasteiger partial charge in [-0.15, -0.1) is 22.7 Å². The molecule has 0 saturated heterocycles. The van der Waals surface area contributed by atoms with E-state index in [-0.39, 0.29) is 11.4 Å². The molecule has 0 spiro atoms. The Morgan fingerprint density at radius 1 is 0.800 bits per heavy atom. The van der Waals surface area contributed by atoms with E-state index in [2.05, 4.69) is 4.98 Å². The van der Waals surface area contributed by atoms with Crippen molar-refractivity contribution in [1.82, 2.24) is 4.98 Å². The first-order chi connectivity index (χ1) is 17.0. The minimum Gasteiger partial charge on any atom is -0.455 e. The van der Waals surface area contributed by atoms with Gasteiger partial charge in [-0.1, -0.05) is 0 Å². The van der Waals surface area contributed by atoms with Gasteiger partial charge in [-0.25, -0.2) is 0 Å². The third-order valence-electron chi connectivity index (χ3n) is 5.56. The van der Waals surface area contributed by atoms with Crippen molar-refractivity contribution in [3.05, 3.63) is 69.8 Å². The van der Waals surface area contributed by atoms with Crippen molar-refractivity contribution in [3.8, 4) is 34.8 Å². The van der Waals surface area contributed by atoms with E-state index in [1.807, 2.05) is 60.8 Å². The van der Waals surface area contributed by atoms with Gasteiger partial charge in [0.1, 0.15) is 46.2 Å². The average molecular weight is 494 g/mol. The van der Waals surface area contributed by atoms with Crippen molar-refractivity contribution in [3.63, 3.8) is 0 Å². The molecule has 0 atom stereocenters. The molecular weight excluding hydrogens is 478 g/mol. The molecule has 0 radical (unpaired) electrons. The number of aromatic nitrogens is 1. The van der Waals surface area contributed by atoms with Gasteiger partial charge in [0.2, 0.25) is 0 Å². The Morgan fingerprint density at radius 2 is 1.34 bits per heavy atom. The Morgan fingerprint density at radius 3 is 1.89 bits per heavy atom. The zero-order chi connectivity index (χ0) is 24.1. The number of aromatic amines is 1. The van der Waals surface area contributed by atoms with E-state index in [0.29, 0.717) is 0 Å². The van der Waals surface area contributed by atoms with Crippen LogP contribution in [0.3, 0.4) is 0 Å². The van der Waals surface area contributed by atoms with Crippen LogP contribution >= 0.6 is 22.7 Å². The predicted octanol–water partition coefficient (Wildman–Crippen LogP) is 6.76. The van der Waals surface area contributed by atoms with Crippen LogP contribution in [0.4, 0.5) is 0 Å². The molecule has 6 aromatic rings. The summed E-state index contributed by atoms with van der Waals surface area (Å²) in [5, 5.41) is 18.8. The molecule has 0 unspecified atom stereocenters. The highest BCUT2D eigenvalue weighted by Gasteiger charge is 2.18. The van der Waals surface area contributed by atoms with Gasteiger partial charge in [-0.3, -0.25) is 0 Å². The molecule has 1 aromatic carbocycles. The van der Waals surface area contributed by atoms with Gasteiger partial charge in [0.05, 0.1) is 14.9 Å². The standard InChI is InChI=1S/C26H15N5O2S2/c27-11-13(29)5-15-7-22-24(34-15)9-20(32-22)17-1-2-19(26-18(17)3-4-31-26)21-10-25-23(33-21)8-16(35-25)6-14(30)12-28/h1-10,31H,29-30H2/b13-5+,14-6-. The maximum absolute atomic E-state index is 8.89. The molecule has 5 aromatic heterocycles. The van der Waals surface area contributed by atoms with Crippen molar-refractivity contribution in [2.24, 2.45) is 11.5 Å². The number of nitriles is 2. The minimum absolute atomic E-state index is 0.162. The van der Waals surface area contributed by atoms with E-state index in [1.54, 1.807) is 12.2 Å². The lowest BCUT2D eigenvalue weighted by atomic mass is 10.0. The Hall–Kier alpha value is -4.70. The number of nitrogens with zero attached hydrogens (tertiary/aromatic N) is 2. The van der Waals surface area contributed by atoms with E-state index in [0.717, 1.165) is 63.9 Å². The summed E-state index contributed by atoms with van der Waals surface area (Å²) in [6.07, 6.45) is 5.18. The van der Waals surface area contributed by atoms with Gasteiger partial charge in [-0.2, -0.15) is 10.5 Å². The van der Waals surface area contributed by atoms with Gasteiger partial charge in [0, 0.05) is 44.6 Å². The molecule has 0 saturated carbocycles. The number of hydrogen-bond donors (Lipinski definition) is 3. The molecule has 35 heavy (non-hydrogen) atoms. The number of H-pyrrole nitrogens is 1. The third-order valence-corrected chi connectivity index (χ3v) is 7.58. The summed E-state index contributed by atoms with van der Waals surface area (Å²) in [5.74, 6) is 1.51. The SMILES string of the molecule is N#C/C(N)=C/c1cc2oc(-c3ccc(-c4cc5sc(/C=C(/N)C#N)cc5o4)c4cc[nH]c34)cc2s1. The molecule has 7 nitrogen and oxygen atoms in total. The largest absolute Gasteiger partial charge is 0.455 e. The van der Waals surface area contributed by atoms with Crippen molar-refractivity contribution in [2.45, 2.75) is 0 Å². The monoisotopic (exact) mass is 493 g/mol. The van der Waals surface area contributed by atoms with Crippen LogP contribution in [0.1, 0.15) is 9.75 Å². The summed E-state index contributed by atoms with van der Waals surface area (Å²) >= 11 is 3.04. The van der Waals surface area contributed by atoms with Crippen molar-refractivity contribution in [1.29, 1.82) is 10.5 Å². The highest BCUT2D eigenvalue weighted by atomic mass is 32.1. The highest BCUT2D eigenvalue weighted by molar-refractivity contribution is 7.20. The second kappa shape index (κ2) is 7.96. The average Bonchev–Trinajstić information content (AvgIpc) is 3.63. The summed E-state index contributed by atoms with van der Waals surface area (Å²) in [6.45, 7) is 0. The van der Waals surface area contributed by atoms with Crippen LogP contribution in [-0.2, 0) is 0 Å². The quantitative estimate of drug-likeness (QED) is 0.231. The highest BCUT2D eigenvalue weighted by Crippen LogP contribution is 2.41. The Bertz CT molecular complexity index is 1710. The maximum atomic E-state index is 8.89. The topological polar surface area (TPSA) is 142 Å². The number of thiophene rings is 2. The van der Waals surface area contributed by atoms with Gasteiger partial charge in [0.25, 0.3) is 0 Å². The number of furan rings is 2. The number of nitrogens with one attached hydrogen (secondary N) is 1. The molecule has 0 fully saturated rings. The van der Waals surface area contributed by atoms with Crippen molar-refractivity contribution < 1.29 is 8.83 Å². The molecule has 168 valence electrons. The molecule has 0 aliphatic carbocycles. The van der Waals surface area contributed by atoms with Gasteiger partial charge in [0.15, 0.2) is 0 Å². The van der Waals surface area contributed by atoms with Crippen LogP contribution in [0, 0.1) is 22.7 Å². The molecule has 6 rings (SSSR count). The first-order valence-corrected chi connectivity index (χ1v) is 12.1. The lowest BCUT2D eigenvalue weighted by Crippen LogP contribution is -1.90. The van der Waals surface area contributed by atoms with Crippen molar-refractivity contribution in [2.75, 3.05) is 0 Å². The number of nitrogens with two attached hydrogens (primary N) is 2. The van der Waals surface area contributed by atoms with E-state index in [1.165, 1.54) is 22.7 Å². The summed E-state index contributed by atoms with van der Waals surface area (Å²) in [4.78, 5) is 5.08. The van der Waals surface area contributed by atoms with Crippen LogP contribution in [0.25, 0.3) is 66.3 Å². The molecule has 5 heterocycles. The van der Waals surface area contributed by atoms with E-state index >= 15 is 0 Å². The van der Waals surface area contributed by atoms with Gasteiger partial charge < -0.3 is 25.3 Å². The molecular formula is C26H15N5O2S2. The maximum Gasteiger partial charge on any atom is 0.146 e. The summed E-state index contributed by atoms with van der Waals surface area (Å²) in [5.41, 5.74) is 15.9. The second-order valence-corrected chi connectivity index (χ2v) is 10.1. The van der Waals surface area contributed by atoms with Crippen LogP contribution in [0.2, 0.25) is 0 Å². The normalized spacial score (nSPS) is 12.5. The third kappa shape index (κ3) is 3.56. The Labute approximate surface area is 206 Å². The zero-order valence-electron chi connectivity index (χ0n) is 18.0. The number of rotatable bonds is 4. The zero-order valence-corrected chi connectivity index (χ0v) is 19.6. The molecule has 0 amide bonds. The first-order valence-electron chi connectivity index (χ1n) is 10.4. The number of fused-ring (bicyclic) bond motifs is 3. The Balaban J connectivity index is 1.39. The predicted molar refractivity (Wildman–Crippen MR) is 140 cm³/mol. The number of benzene rings is 1. The summed E-state index contributed by atoms with van der Waals surface area (Å²) in [7, 11) is 0. The smallest absolute Gasteiger partial charge is 0.146 e. The summed E-state index contributed by atoms with van der Waals surface area (Å²) < 4.78 is 14.3. The number of allylic oxidation sites excluding steroid dienone is 2. The van der Waals surface area contributed by atoms with Crippen LogP contribution < -0.4 is 11.5 Å². The fraction of sp³-hybridized carbons (Fsp3) is 0. The van der Waals surface area contributed by atoms with Crippen LogP contribution in [0.5, 0.6) is 0 Å². The van der Waals surface area contributed by atoms with E-state index < -0.39 is 0 Å².